The average molecular weight is 361 g/mol. The minimum atomic E-state index is -0.234. The van der Waals surface area contributed by atoms with Crippen molar-refractivity contribution < 1.29 is 14.6 Å². The molecule has 2 unspecified atom stereocenters. The number of carbonyl (C=O) groups excluding carboxylic acids is 1. The van der Waals surface area contributed by atoms with Crippen LogP contribution in [-0.4, -0.2) is 57.6 Å². The second-order valence-electron chi connectivity index (χ2n) is 5.96. The van der Waals surface area contributed by atoms with Crippen molar-refractivity contribution in [1.29, 1.82) is 0 Å². The minimum absolute atomic E-state index is 0.00188. The Morgan fingerprint density at radius 3 is 2.92 bits per heavy atom. The van der Waals surface area contributed by atoms with Gasteiger partial charge in [-0.3, -0.25) is 4.90 Å². The lowest BCUT2D eigenvalue weighted by Gasteiger charge is -2.25. The number of amides is 2. The Kier molecular flexibility index (Phi) is 3.97. The van der Waals surface area contributed by atoms with Crippen molar-refractivity contribution in [3.63, 3.8) is 0 Å². The average Bonchev–Trinajstić information content (AvgIpc) is 3.25. The second kappa shape index (κ2) is 6.16. The molecule has 0 aliphatic carbocycles. The number of likely N-dealkylation sites (N-methyl/N-ethyl adjacent to an activating group) is 2. The fourth-order valence-electron chi connectivity index (χ4n) is 3.39. The standard InChI is InChI=1S/C16H19N5O3S/c1-3-19-13-14(20(4-2)16(19)22)21(15(25)18-13)17-8-10-5-6-12-11(7-10)9-23-24-12/h5-8,13-14H,3-4,9H2,1-2H3,(H,18,25)/b17-8+. The van der Waals surface area contributed by atoms with Crippen LogP contribution < -0.4 is 10.2 Å². The first-order valence-electron chi connectivity index (χ1n) is 8.27. The summed E-state index contributed by atoms with van der Waals surface area (Å²) in [5.74, 6) is 0.729. The van der Waals surface area contributed by atoms with Crippen molar-refractivity contribution in [3.05, 3.63) is 29.3 Å². The number of carbonyl (C=O) groups is 1. The third kappa shape index (κ3) is 2.50. The van der Waals surface area contributed by atoms with E-state index in [0.29, 0.717) is 24.8 Å². The Hall–Kier alpha value is -2.39. The highest BCUT2D eigenvalue weighted by Gasteiger charge is 2.53. The van der Waals surface area contributed by atoms with E-state index in [4.69, 9.17) is 22.0 Å². The molecule has 0 bridgehead atoms. The minimum Gasteiger partial charge on any atom is -0.337 e. The first-order valence-corrected chi connectivity index (χ1v) is 8.68. The Morgan fingerprint density at radius 2 is 2.16 bits per heavy atom. The lowest BCUT2D eigenvalue weighted by Crippen LogP contribution is -2.43. The predicted octanol–water partition coefficient (Wildman–Crippen LogP) is 1.46. The van der Waals surface area contributed by atoms with Gasteiger partial charge in [0, 0.05) is 18.7 Å². The number of hydrogen-bond acceptors (Lipinski definition) is 5. The monoisotopic (exact) mass is 361 g/mol. The molecule has 0 aromatic heterocycles. The number of thiocarbonyl (C=S) groups is 1. The van der Waals surface area contributed by atoms with E-state index in [-0.39, 0.29) is 18.4 Å². The molecule has 8 nitrogen and oxygen atoms in total. The van der Waals surface area contributed by atoms with Crippen molar-refractivity contribution in [3.8, 4) is 5.75 Å². The van der Waals surface area contributed by atoms with E-state index >= 15 is 0 Å². The van der Waals surface area contributed by atoms with E-state index < -0.39 is 0 Å². The number of hydrogen-bond donors (Lipinski definition) is 1. The molecule has 1 aromatic carbocycles. The molecule has 25 heavy (non-hydrogen) atoms. The molecule has 0 saturated carbocycles. The number of urea groups is 1. The van der Waals surface area contributed by atoms with Gasteiger partial charge in [0.15, 0.2) is 17.0 Å². The van der Waals surface area contributed by atoms with Crippen LogP contribution >= 0.6 is 12.2 Å². The van der Waals surface area contributed by atoms with E-state index in [2.05, 4.69) is 10.4 Å². The Bertz CT molecular complexity index is 755. The Morgan fingerprint density at radius 1 is 1.36 bits per heavy atom. The van der Waals surface area contributed by atoms with Crippen molar-refractivity contribution in [1.82, 2.24) is 20.1 Å². The van der Waals surface area contributed by atoms with Crippen LogP contribution in [0.25, 0.3) is 0 Å². The van der Waals surface area contributed by atoms with E-state index in [9.17, 15) is 4.79 Å². The molecule has 132 valence electrons. The molecule has 2 fully saturated rings. The van der Waals surface area contributed by atoms with Gasteiger partial charge in [0.2, 0.25) is 0 Å². The Labute approximate surface area is 150 Å². The summed E-state index contributed by atoms with van der Waals surface area (Å²) in [6.45, 7) is 5.56. The summed E-state index contributed by atoms with van der Waals surface area (Å²) in [5.41, 5.74) is 1.89. The number of nitrogens with one attached hydrogen (secondary N) is 1. The third-order valence-corrected chi connectivity index (χ3v) is 4.92. The summed E-state index contributed by atoms with van der Waals surface area (Å²) in [7, 11) is 0. The maximum atomic E-state index is 12.5. The van der Waals surface area contributed by atoms with Gasteiger partial charge < -0.3 is 15.1 Å². The molecule has 9 heteroatoms. The second-order valence-corrected chi connectivity index (χ2v) is 6.35. The van der Waals surface area contributed by atoms with Crippen LogP contribution in [0.4, 0.5) is 4.79 Å². The SMILES string of the molecule is CCN1C(=O)N(CC)C2C1NC(=S)N2/N=C/c1ccc2c(c1)COO2. The third-order valence-electron chi connectivity index (χ3n) is 4.62. The van der Waals surface area contributed by atoms with Gasteiger partial charge in [-0.15, -0.1) is 0 Å². The summed E-state index contributed by atoms with van der Waals surface area (Å²) in [5, 5.41) is 9.98. The lowest BCUT2D eigenvalue weighted by atomic mass is 10.1. The van der Waals surface area contributed by atoms with Gasteiger partial charge in [-0.1, -0.05) is 0 Å². The molecule has 3 aliphatic rings. The van der Waals surface area contributed by atoms with Crippen molar-refractivity contribution in [2.24, 2.45) is 5.10 Å². The summed E-state index contributed by atoms with van der Waals surface area (Å²) < 4.78 is 0. The van der Waals surface area contributed by atoms with Crippen LogP contribution in [0.2, 0.25) is 0 Å². The molecule has 1 aromatic rings. The fourth-order valence-corrected chi connectivity index (χ4v) is 3.67. The van der Waals surface area contributed by atoms with Crippen molar-refractivity contribution >= 4 is 29.6 Å². The van der Waals surface area contributed by atoms with Crippen molar-refractivity contribution in [2.75, 3.05) is 13.1 Å². The molecule has 0 spiro atoms. The quantitative estimate of drug-likeness (QED) is 0.498. The van der Waals surface area contributed by atoms with Crippen LogP contribution in [0, 0.1) is 0 Å². The highest BCUT2D eigenvalue weighted by atomic mass is 32.1. The molecule has 3 aliphatic heterocycles. The summed E-state index contributed by atoms with van der Waals surface area (Å²) in [6.07, 6.45) is 1.33. The van der Waals surface area contributed by atoms with Crippen LogP contribution in [0.3, 0.4) is 0 Å². The van der Waals surface area contributed by atoms with Gasteiger partial charge in [-0.05, 0) is 49.8 Å². The molecule has 4 rings (SSSR count). The van der Waals surface area contributed by atoms with E-state index in [0.717, 1.165) is 16.9 Å². The van der Waals surface area contributed by atoms with Gasteiger partial charge in [0.05, 0.1) is 6.21 Å². The van der Waals surface area contributed by atoms with Crippen LogP contribution in [0.5, 0.6) is 5.75 Å². The number of benzene rings is 1. The van der Waals surface area contributed by atoms with Gasteiger partial charge in [-0.25, -0.2) is 9.80 Å². The summed E-state index contributed by atoms with van der Waals surface area (Å²) in [4.78, 5) is 26.0. The molecule has 3 heterocycles. The predicted molar refractivity (Wildman–Crippen MR) is 94.8 cm³/mol. The largest absolute Gasteiger partial charge is 0.337 e. The number of nitrogens with zero attached hydrogens (tertiary/aromatic N) is 4. The maximum absolute atomic E-state index is 12.5. The van der Waals surface area contributed by atoms with Gasteiger partial charge >= 0.3 is 6.03 Å². The number of rotatable bonds is 4. The van der Waals surface area contributed by atoms with E-state index in [1.54, 1.807) is 21.0 Å². The highest BCUT2D eigenvalue weighted by Crippen LogP contribution is 2.29. The zero-order valence-electron chi connectivity index (χ0n) is 14.0. The number of hydrazone groups is 1. The normalized spacial score (nSPS) is 24.8. The molecular formula is C16H19N5O3S. The maximum Gasteiger partial charge on any atom is 0.323 e. The van der Waals surface area contributed by atoms with E-state index in [1.807, 2.05) is 32.0 Å². The van der Waals surface area contributed by atoms with Crippen LogP contribution in [0.15, 0.2) is 23.3 Å². The molecule has 0 radical (unpaired) electrons. The Balaban J connectivity index is 1.59. The first kappa shape index (κ1) is 16.1. The van der Waals surface area contributed by atoms with Gasteiger partial charge in [-0.2, -0.15) is 9.99 Å². The molecule has 2 atom stereocenters. The summed E-state index contributed by atoms with van der Waals surface area (Å²) in [6, 6.07) is 5.72. The summed E-state index contributed by atoms with van der Waals surface area (Å²) >= 11 is 5.43. The number of fused-ring (bicyclic) bond motifs is 2. The van der Waals surface area contributed by atoms with E-state index in [1.165, 1.54) is 0 Å². The lowest BCUT2D eigenvalue weighted by molar-refractivity contribution is -0.194. The topological polar surface area (TPSA) is 69.6 Å². The van der Waals surface area contributed by atoms with Crippen LogP contribution in [0.1, 0.15) is 25.0 Å². The highest BCUT2D eigenvalue weighted by molar-refractivity contribution is 7.80. The first-order chi connectivity index (χ1) is 12.1. The smallest absolute Gasteiger partial charge is 0.323 e. The molecular weight excluding hydrogens is 342 g/mol. The van der Waals surface area contributed by atoms with Crippen LogP contribution in [-0.2, 0) is 11.5 Å². The van der Waals surface area contributed by atoms with Gasteiger partial charge in [0.25, 0.3) is 0 Å². The van der Waals surface area contributed by atoms with Gasteiger partial charge in [0.1, 0.15) is 12.8 Å². The molecule has 2 saturated heterocycles. The fraction of sp³-hybridized carbons (Fsp3) is 0.438. The molecule has 1 N–H and O–H groups in total. The zero-order chi connectivity index (χ0) is 17.6. The van der Waals surface area contributed by atoms with Crippen molar-refractivity contribution in [2.45, 2.75) is 32.8 Å². The molecule has 2 amide bonds. The zero-order valence-corrected chi connectivity index (χ0v) is 14.8.